The SMILES string of the molecule is CCC(N)N1c2ccccc2Sc2ccc(C(N)=O)cc21. The van der Waals surface area contributed by atoms with Gasteiger partial charge in [-0.1, -0.05) is 30.8 Å². The van der Waals surface area contributed by atoms with Gasteiger partial charge in [0, 0.05) is 15.4 Å². The fourth-order valence-corrected chi connectivity index (χ4v) is 3.53. The Hall–Kier alpha value is -1.98. The second-order valence-electron chi connectivity index (χ2n) is 4.96. The molecular weight excluding hydrogens is 282 g/mol. The van der Waals surface area contributed by atoms with E-state index in [9.17, 15) is 4.79 Å². The monoisotopic (exact) mass is 299 g/mol. The Labute approximate surface area is 128 Å². The Morgan fingerprint density at radius 2 is 1.90 bits per heavy atom. The normalized spacial score (nSPS) is 14.3. The molecule has 0 fully saturated rings. The van der Waals surface area contributed by atoms with Crippen molar-refractivity contribution in [1.29, 1.82) is 0 Å². The lowest BCUT2D eigenvalue weighted by molar-refractivity contribution is 0.1000. The van der Waals surface area contributed by atoms with Gasteiger partial charge < -0.3 is 16.4 Å². The lowest BCUT2D eigenvalue weighted by atomic mass is 10.1. The second kappa shape index (κ2) is 5.42. The minimum absolute atomic E-state index is 0.145. The van der Waals surface area contributed by atoms with Crippen molar-refractivity contribution < 1.29 is 4.79 Å². The molecule has 21 heavy (non-hydrogen) atoms. The van der Waals surface area contributed by atoms with Gasteiger partial charge >= 0.3 is 0 Å². The van der Waals surface area contributed by atoms with Crippen LogP contribution < -0.4 is 16.4 Å². The average molecular weight is 299 g/mol. The van der Waals surface area contributed by atoms with Crippen molar-refractivity contribution in [3.8, 4) is 0 Å². The quantitative estimate of drug-likeness (QED) is 0.913. The maximum atomic E-state index is 11.4. The summed E-state index contributed by atoms with van der Waals surface area (Å²) in [5, 5.41) is 0. The zero-order valence-electron chi connectivity index (χ0n) is 11.7. The third-order valence-electron chi connectivity index (χ3n) is 3.60. The molecule has 0 aliphatic carbocycles. The van der Waals surface area contributed by atoms with Crippen LogP contribution in [-0.4, -0.2) is 12.1 Å². The lowest BCUT2D eigenvalue weighted by Crippen LogP contribution is -2.39. The molecule has 0 saturated carbocycles. The molecule has 0 saturated heterocycles. The summed E-state index contributed by atoms with van der Waals surface area (Å²) >= 11 is 1.69. The van der Waals surface area contributed by atoms with E-state index in [1.165, 1.54) is 4.90 Å². The van der Waals surface area contributed by atoms with E-state index in [0.29, 0.717) is 5.56 Å². The molecule has 1 unspecified atom stereocenters. The number of primary amides is 1. The number of amides is 1. The van der Waals surface area contributed by atoms with Crippen molar-refractivity contribution in [3.63, 3.8) is 0 Å². The summed E-state index contributed by atoms with van der Waals surface area (Å²) in [6, 6.07) is 13.7. The van der Waals surface area contributed by atoms with Gasteiger partial charge in [-0.2, -0.15) is 0 Å². The summed E-state index contributed by atoms with van der Waals surface area (Å²) in [5.41, 5.74) is 14.2. The highest BCUT2D eigenvalue weighted by molar-refractivity contribution is 7.99. The molecule has 0 bridgehead atoms. The van der Waals surface area contributed by atoms with Crippen molar-refractivity contribution in [1.82, 2.24) is 0 Å². The second-order valence-corrected chi connectivity index (χ2v) is 6.05. The van der Waals surface area contributed by atoms with Crippen molar-refractivity contribution in [2.75, 3.05) is 4.90 Å². The highest BCUT2D eigenvalue weighted by Crippen LogP contribution is 2.48. The molecule has 0 radical (unpaired) electrons. The van der Waals surface area contributed by atoms with Crippen molar-refractivity contribution in [2.45, 2.75) is 29.3 Å². The summed E-state index contributed by atoms with van der Waals surface area (Å²) in [7, 11) is 0. The molecule has 1 aliphatic heterocycles. The Morgan fingerprint density at radius 1 is 1.19 bits per heavy atom. The number of fused-ring (bicyclic) bond motifs is 2. The summed E-state index contributed by atoms with van der Waals surface area (Å²) in [6.45, 7) is 2.05. The first kappa shape index (κ1) is 14.0. The average Bonchev–Trinajstić information content (AvgIpc) is 2.51. The summed E-state index contributed by atoms with van der Waals surface area (Å²) in [6.07, 6.45) is 0.660. The van der Waals surface area contributed by atoms with Crippen LogP contribution in [0.15, 0.2) is 52.3 Å². The molecule has 4 nitrogen and oxygen atoms in total. The molecule has 2 aromatic rings. The van der Waals surface area contributed by atoms with Gasteiger partial charge in [-0.05, 0) is 36.8 Å². The minimum Gasteiger partial charge on any atom is -0.366 e. The molecule has 4 N–H and O–H groups in total. The fourth-order valence-electron chi connectivity index (χ4n) is 2.48. The fraction of sp³-hybridized carbons (Fsp3) is 0.188. The van der Waals surface area contributed by atoms with Crippen LogP contribution in [0.4, 0.5) is 11.4 Å². The largest absolute Gasteiger partial charge is 0.366 e. The predicted molar refractivity (Wildman–Crippen MR) is 85.9 cm³/mol. The number of nitrogens with two attached hydrogens (primary N) is 2. The van der Waals surface area contributed by atoms with Crippen LogP contribution in [0.1, 0.15) is 23.7 Å². The molecule has 1 amide bonds. The van der Waals surface area contributed by atoms with E-state index in [0.717, 1.165) is 22.7 Å². The molecule has 1 atom stereocenters. The Bertz CT molecular complexity index is 702. The van der Waals surface area contributed by atoms with E-state index in [4.69, 9.17) is 11.5 Å². The van der Waals surface area contributed by atoms with E-state index < -0.39 is 5.91 Å². The summed E-state index contributed by atoms with van der Waals surface area (Å²) in [5.74, 6) is -0.424. The van der Waals surface area contributed by atoms with Crippen molar-refractivity contribution in [2.24, 2.45) is 11.5 Å². The maximum Gasteiger partial charge on any atom is 0.248 e. The molecule has 0 aromatic heterocycles. The van der Waals surface area contributed by atoms with Crippen LogP contribution >= 0.6 is 11.8 Å². The van der Waals surface area contributed by atoms with Crippen molar-refractivity contribution >= 4 is 29.0 Å². The number of hydrogen-bond donors (Lipinski definition) is 2. The van der Waals surface area contributed by atoms with Gasteiger partial charge in [0.25, 0.3) is 0 Å². The van der Waals surface area contributed by atoms with Gasteiger partial charge in [0.05, 0.1) is 17.5 Å². The number of anilines is 2. The lowest BCUT2D eigenvalue weighted by Gasteiger charge is -2.36. The standard InChI is InChI=1S/C16H17N3OS/c1-2-15(17)19-11-5-3-4-6-13(11)21-14-8-7-10(16(18)20)9-12(14)19/h3-9,15H,2,17H2,1H3,(H2,18,20). The predicted octanol–water partition coefficient (Wildman–Crippen LogP) is 3.08. The number of benzene rings is 2. The van der Waals surface area contributed by atoms with Gasteiger partial charge in [-0.3, -0.25) is 4.79 Å². The van der Waals surface area contributed by atoms with E-state index in [2.05, 4.69) is 17.0 Å². The molecule has 1 heterocycles. The van der Waals surface area contributed by atoms with Crippen LogP contribution in [0.25, 0.3) is 0 Å². The van der Waals surface area contributed by atoms with E-state index >= 15 is 0 Å². The first-order chi connectivity index (χ1) is 10.1. The number of carbonyl (C=O) groups is 1. The number of rotatable bonds is 3. The number of para-hydroxylation sites is 1. The number of hydrogen-bond acceptors (Lipinski definition) is 4. The first-order valence-corrected chi connectivity index (χ1v) is 7.69. The summed E-state index contributed by atoms with van der Waals surface area (Å²) < 4.78 is 0. The third kappa shape index (κ3) is 2.39. The first-order valence-electron chi connectivity index (χ1n) is 6.87. The summed E-state index contributed by atoms with van der Waals surface area (Å²) in [4.78, 5) is 15.8. The van der Waals surface area contributed by atoms with Crippen LogP contribution in [0, 0.1) is 0 Å². The highest BCUT2D eigenvalue weighted by Gasteiger charge is 2.27. The van der Waals surface area contributed by atoms with Crippen LogP contribution in [0.3, 0.4) is 0 Å². The Balaban J connectivity index is 2.18. The topological polar surface area (TPSA) is 72.3 Å². The van der Waals surface area contributed by atoms with Gasteiger partial charge in [-0.25, -0.2) is 0 Å². The highest BCUT2D eigenvalue weighted by atomic mass is 32.2. The van der Waals surface area contributed by atoms with Gasteiger partial charge in [-0.15, -0.1) is 0 Å². The zero-order chi connectivity index (χ0) is 15.0. The third-order valence-corrected chi connectivity index (χ3v) is 4.73. The maximum absolute atomic E-state index is 11.4. The van der Waals surface area contributed by atoms with E-state index in [1.54, 1.807) is 17.8 Å². The molecule has 0 spiro atoms. The Morgan fingerprint density at radius 3 is 2.62 bits per heavy atom. The molecule has 3 rings (SSSR count). The molecule has 5 heteroatoms. The Kier molecular flexibility index (Phi) is 3.61. The molecule has 108 valence electrons. The van der Waals surface area contributed by atoms with Crippen molar-refractivity contribution in [3.05, 3.63) is 48.0 Å². The van der Waals surface area contributed by atoms with Crippen LogP contribution in [-0.2, 0) is 0 Å². The van der Waals surface area contributed by atoms with Gasteiger partial charge in [0.1, 0.15) is 0 Å². The molecule has 2 aromatic carbocycles. The van der Waals surface area contributed by atoms with Crippen LogP contribution in [0.2, 0.25) is 0 Å². The zero-order valence-corrected chi connectivity index (χ0v) is 12.6. The van der Waals surface area contributed by atoms with E-state index in [-0.39, 0.29) is 6.17 Å². The number of nitrogens with zero attached hydrogens (tertiary/aromatic N) is 1. The van der Waals surface area contributed by atoms with Gasteiger partial charge in [0.2, 0.25) is 5.91 Å². The minimum atomic E-state index is -0.424. The number of carbonyl (C=O) groups excluding carboxylic acids is 1. The van der Waals surface area contributed by atoms with Gasteiger partial charge in [0.15, 0.2) is 0 Å². The van der Waals surface area contributed by atoms with Crippen LogP contribution in [0.5, 0.6) is 0 Å². The smallest absolute Gasteiger partial charge is 0.248 e. The van der Waals surface area contributed by atoms with E-state index in [1.807, 2.05) is 31.2 Å². The molecular formula is C16H17N3OS. The molecule has 1 aliphatic rings.